The van der Waals surface area contributed by atoms with Crippen LogP contribution < -0.4 is 14.4 Å². The minimum Gasteiger partial charge on any atom is -0.492 e. The molecule has 0 radical (unpaired) electrons. The maximum atomic E-state index is 13.3. The SMILES string of the molecule is Cc1cc(C)cc(N(CC(=O)NCCOc2ccccc2)S(=O)(=O)c2ccccc2)c1. The van der Waals surface area contributed by atoms with Crippen molar-refractivity contribution in [2.24, 2.45) is 0 Å². The molecule has 0 saturated heterocycles. The summed E-state index contributed by atoms with van der Waals surface area (Å²) in [6.45, 7) is 4.01. The van der Waals surface area contributed by atoms with Crippen molar-refractivity contribution in [2.75, 3.05) is 24.0 Å². The molecule has 0 fully saturated rings. The maximum Gasteiger partial charge on any atom is 0.264 e. The van der Waals surface area contributed by atoms with Gasteiger partial charge in [-0.25, -0.2) is 8.42 Å². The molecule has 31 heavy (non-hydrogen) atoms. The molecule has 1 amide bonds. The summed E-state index contributed by atoms with van der Waals surface area (Å²) in [6, 6.07) is 22.9. The topological polar surface area (TPSA) is 75.7 Å². The predicted molar refractivity (Wildman–Crippen MR) is 122 cm³/mol. The number of hydrogen-bond acceptors (Lipinski definition) is 4. The average molecular weight is 439 g/mol. The van der Waals surface area contributed by atoms with E-state index in [1.54, 1.807) is 30.3 Å². The molecular weight excluding hydrogens is 412 g/mol. The summed E-state index contributed by atoms with van der Waals surface area (Å²) in [6.07, 6.45) is 0. The van der Waals surface area contributed by atoms with Crippen LogP contribution in [0.4, 0.5) is 5.69 Å². The van der Waals surface area contributed by atoms with Crippen LogP contribution >= 0.6 is 0 Å². The first kappa shape index (κ1) is 22.4. The Hall–Kier alpha value is -3.32. The molecule has 3 aromatic carbocycles. The second kappa shape index (κ2) is 10.1. The van der Waals surface area contributed by atoms with Crippen LogP contribution in [0.5, 0.6) is 5.75 Å². The summed E-state index contributed by atoms with van der Waals surface area (Å²) >= 11 is 0. The lowest BCUT2D eigenvalue weighted by Gasteiger charge is -2.25. The first-order chi connectivity index (χ1) is 14.9. The number of rotatable bonds is 9. The minimum absolute atomic E-state index is 0.134. The Bertz CT molecular complexity index is 1100. The van der Waals surface area contributed by atoms with Gasteiger partial charge in [0.15, 0.2) is 0 Å². The Morgan fingerprint density at radius 3 is 2.10 bits per heavy atom. The van der Waals surface area contributed by atoms with Crippen LogP contribution in [-0.2, 0) is 14.8 Å². The number of nitrogens with zero attached hydrogens (tertiary/aromatic N) is 1. The normalized spacial score (nSPS) is 11.0. The zero-order valence-corrected chi connectivity index (χ0v) is 18.4. The van der Waals surface area contributed by atoms with E-state index in [9.17, 15) is 13.2 Å². The number of amides is 1. The molecule has 162 valence electrons. The fraction of sp³-hybridized carbons (Fsp3) is 0.208. The Kier molecular flexibility index (Phi) is 7.31. The van der Waals surface area contributed by atoms with Crippen LogP contribution in [-0.4, -0.2) is 34.0 Å². The molecule has 7 heteroatoms. The molecule has 0 saturated carbocycles. The lowest BCUT2D eigenvalue weighted by Crippen LogP contribution is -2.42. The number of sulfonamides is 1. The van der Waals surface area contributed by atoms with Gasteiger partial charge in [-0.1, -0.05) is 42.5 Å². The molecule has 0 aliphatic carbocycles. The van der Waals surface area contributed by atoms with E-state index >= 15 is 0 Å². The predicted octanol–water partition coefficient (Wildman–Crippen LogP) is 3.69. The fourth-order valence-corrected chi connectivity index (χ4v) is 4.62. The number of aryl methyl sites for hydroxylation is 2. The van der Waals surface area contributed by atoms with Crippen molar-refractivity contribution >= 4 is 21.6 Å². The van der Waals surface area contributed by atoms with E-state index in [1.807, 2.05) is 50.2 Å². The number of carbonyl (C=O) groups is 1. The molecule has 6 nitrogen and oxygen atoms in total. The van der Waals surface area contributed by atoms with Gasteiger partial charge in [0.05, 0.1) is 17.1 Å². The second-order valence-corrected chi connectivity index (χ2v) is 9.04. The summed E-state index contributed by atoms with van der Waals surface area (Å²) in [4.78, 5) is 12.7. The van der Waals surface area contributed by atoms with Crippen molar-refractivity contribution in [1.82, 2.24) is 5.32 Å². The summed E-state index contributed by atoms with van der Waals surface area (Å²) in [5.74, 6) is 0.301. The highest BCUT2D eigenvalue weighted by atomic mass is 32.2. The van der Waals surface area contributed by atoms with Crippen molar-refractivity contribution < 1.29 is 17.9 Å². The Labute approximate surface area is 183 Å². The zero-order chi connectivity index (χ0) is 22.3. The largest absolute Gasteiger partial charge is 0.492 e. The molecule has 1 N–H and O–H groups in total. The number of carbonyl (C=O) groups excluding carboxylic acids is 1. The number of hydrogen-bond donors (Lipinski definition) is 1. The van der Waals surface area contributed by atoms with Crippen molar-refractivity contribution in [3.05, 3.63) is 90.0 Å². The number of ether oxygens (including phenoxy) is 1. The van der Waals surface area contributed by atoms with Gasteiger partial charge < -0.3 is 10.1 Å². The zero-order valence-electron chi connectivity index (χ0n) is 17.6. The molecule has 3 aromatic rings. The lowest BCUT2D eigenvalue weighted by atomic mass is 10.1. The van der Waals surface area contributed by atoms with Crippen molar-refractivity contribution in [3.63, 3.8) is 0 Å². The van der Waals surface area contributed by atoms with Gasteiger partial charge in [0, 0.05) is 0 Å². The number of para-hydroxylation sites is 1. The number of nitrogens with one attached hydrogen (secondary N) is 1. The summed E-state index contributed by atoms with van der Waals surface area (Å²) in [5.41, 5.74) is 2.29. The monoisotopic (exact) mass is 438 g/mol. The third kappa shape index (κ3) is 6.08. The van der Waals surface area contributed by atoms with Crippen LogP contribution in [0.1, 0.15) is 11.1 Å². The van der Waals surface area contributed by atoms with Gasteiger partial charge in [-0.2, -0.15) is 0 Å². The minimum atomic E-state index is -3.92. The highest BCUT2D eigenvalue weighted by molar-refractivity contribution is 7.92. The molecule has 0 aliphatic heterocycles. The van der Waals surface area contributed by atoms with Crippen molar-refractivity contribution in [2.45, 2.75) is 18.7 Å². The van der Waals surface area contributed by atoms with Crippen LogP contribution in [0.2, 0.25) is 0 Å². The highest BCUT2D eigenvalue weighted by Crippen LogP contribution is 2.25. The van der Waals surface area contributed by atoms with Gasteiger partial charge >= 0.3 is 0 Å². The lowest BCUT2D eigenvalue weighted by molar-refractivity contribution is -0.119. The first-order valence-electron chi connectivity index (χ1n) is 9.97. The molecule has 3 rings (SSSR count). The summed E-state index contributed by atoms with van der Waals surface area (Å²) in [7, 11) is -3.92. The van der Waals surface area contributed by atoms with E-state index in [0.29, 0.717) is 11.4 Å². The molecular formula is C24H26N2O4S. The molecule has 0 bridgehead atoms. The molecule has 0 aliphatic rings. The maximum absolute atomic E-state index is 13.3. The Morgan fingerprint density at radius 2 is 1.48 bits per heavy atom. The average Bonchev–Trinajstić information content (AvgIpc) is 2.75. The van der Waals surface area contributed by atoms with Gasteiger partial charge in [-0.15, -0.1) is 0 Å². The molecule has 0 unspecified atom stereocenters. The van der Waals surface area contributed by atoms with E-state index in [0.717, 1.165) is 15.4 Å². The van der Waals surface area contributed by atoms with Crippen molar-refractivity contribution in [3.8, 4) is 5.75 Å². The fourth-order valence-electron chi connectivity index (χ4n) is 3.19. The van der Waals surface area contributed by atoms with Crippen LogP contribution in [0.15, 0.2) is 83.8 Å². The molecule has 0 atom stereocenters. The van der Waals surface area contributed by atoms with Crippen LogP contribution in [0.3, 0.4) is 0 Å². The standard InChI is InChI=1S/C24H26N2O4S/c1-19-15-20(2)17-21(16-19)26(31(28,29)23-11-7-4-8-12-23)18-24(27)25-13-14-30-22-9-5-3-6-10-22/h3-12,15-17H,13-14,18H2,1-2H3,(H,25,27). The molecule has 0 spiro atoms. The van der Waals surface area contributed by atoms with E-state index < -0.39 is 15.9 Å². The quantitative estimate of drug-likeness (QED) is 0.517. The smallest absolute Gasteiger partial charge is 0.264 e. The van der Waals surface area contributed by atoms with E-state index in [2.05, 4.69) is 5.32 Å². The Morgan fingerprint density at radius 1 is 0.903 bits per heavy atom. The molecule has 0 heterocycles. The van der Waals surface area contributed by atoms with Crippen LogP contribution in [0, 0.1) is 13.8 Å². The van der Waals surface area contributed by atoms with Gasteiger partial charge in [0.2, 0.25) is 5.91 Å². The third-order valence-electron chi connectivity index (χ3n) is 4.55. The third-order valence-corrected chi connectivity index (χ3v) is 6.34. The van der Waals surface area contributed by atoms with Gasteiger partial charge in [0.1, 0.15) is 18.9 Å². The summed E-state index contributed by atoms with van der Waals surface area (Å²) in [5, 5.41) is 2.74. The van der Waals surface area contributed by atoms with Gasteiger partial charge in [-0.05, 0) is 61.4 Å². The van der Waals surface area contributed by atoms with Crippen LogP contribution in [0.25, 0.3) is 0 Å². The van der Waals surface area contributed by atoms with E-state index in [1.165, 1.54) is 12.1 Å². The van der Waals surface area contributed by atoms with Crippen molar-refractivity contribution in [1.29, 1.82) is 0 Å². The van der Waals surface area contributed by atoms with E-state index in [-0.39, 0.29) is 24.6 Å². The second-order valence-electron chi connectivity index (χ2n) is 7.18. The first-order valence-corrected chi connectivity index (χ1v) is 11.4. The highest BCUT2D eigenvalue weighted by Gasteiger charge is 2.27. The van der Waals surface area contributed by atoms with E-state index in [4.69, 9.17) is 4.74 Å². The number of benzene rings is 3. The summed E-state index contributed by atoms with van der Waals surface area (Å²) < 4.78 is 33.4. The number of anilines is 1. The van der Waals surface area contributed by atoms with Gasteiger partial charge in [-0.3, -0.25) is 9.10 Å². The van der Waals surface area contributed by atoms with Gasteiger partial charge in [0.25, 0.3) is 10.0 Å². The molecule has 0 aromatic heterocycles. The Balaban J connectivity index is 1.74.